The van der Waals surface area contributed by atoms with Gasteiger partial charge < -0.3 is 5.73 Å². The van der Waals surface area contributed by atoms with E-state index in [0.29, 0.717) is 12.8 Å². The molecule has 0 aliphatic heterocycles. The summed E-state index contributed by atoms with van der Waals surface area (Å²) in [5.74, 6) is 0.0396. The van der Waals surface area contributed by atoms with E-state index in [4.69, 9.17) is 5.73 Å². The highest BCUT2D eigenvalue weighted by atomic mass is 19.1. The summed E-state index contributed by atoms with van der Waals surface area (Å²) >= 11 is 0. The maximum absolute atomic E-state index is 13.1. The van der Waals surface area contributed by atoms with E-state index in [2.05, 4.69) is 0 Å². The molecule has 1 aliphatic carbocycles. The maximum Gasteiger partial charge on any atom is 0.153 e. The van der Waals surface area contributed by atoms with Crippen LogP contribution < -0.4 is 5.73 Å². The highest BCUT2D eigenvalue weighted by Gasteiger charge is 2.32. The maximum atomic E-state index is 13.1. The van der Waals surface area contributed by atoms with E-state index >= 15 is 0 Å². The molecule has 18 heavy (non-hydrogen) atoms. The van der Waals surface area contributed by atoms with E-state index in [9.17, 15) is 9.18 Å². The first-order valence-corrected chi connectivity index (χ1v) is 6.59. The molecule has 2 N–H and O–H groups in total. The minimum atomic E-state index is -0.390. The zero-order chi connectivity index (χ0) is 13.3. The molecule has 0 aromatic heterocycles. The summed E-state index contributed by atoms with van der Waals surface area (Å²) < 4.78 is 13.1. The van der Waals surface area contributed by atoms with Crippen LogP contribution >= 0.6 is 0 Å². The molecule has 98 valence electrons. The largest absolute Gasteiger partial charge is 0.321 e. The van der Waals surface area contributed by atoms with E-state index in [1.54, 1.807) is 6.07 Å². The van der Waals surface area contributed by atoms with Crippen LogP contribution in [0.3, 0.4) is 0 Å². The molecule has 0 heterocycles. The Kier molecular flexibility index (Phi) is 3.81. The Morgan fingerprint density at radius 2 is 2.11 bits per heavy atom. The summed E-state index contributed by atoms with van der Waals surface area (Å²) in [5, 5.41) is 0. The van der Waals surface area contributed by atoms with Gasteiger partial charge in [-0.15, -0.1) is 0 Å². The third-order valence-electron chi connectivity index (χ3n) is 4.09. The standard InChI is InChI=1S/C15H20FNO/c1-3-9(2)14(17)15(18)12-6-10-4-5-13(16)8-11(10)7-12/h4-5,8-9,12,14H,3,6-7,17H2,1-2H3/t9-,12?,14+/m1/s1. The zero-order valence-electron chi connectivity index (χ0n) is 10.9. The smallest absolute Gasteiger partial charge is 0.153 e. The summed E-state index contributed by atoms with van der Waals surface area (Å²) in [6.07, 6.45) is 2.25. The van der Waals surface area contributed by atoms with Crippen molar-refractivity contribution in [3.05, 3.63) is 35.1 Å². The predicted octanol–water partition coefficient (Wildman–Crippen LogP) is 2.48. The van der Waals surface area contributed by atoms with E-state index in [1.807, 2.05) is 13.8 Å². The van der Waals surface area contributed by atoms with Crippen LogP contribution in [0.1, 0.15) is 31.4 Å². The molecule has 1 aliphatic rings. The second kappa shape index (κ2) is 5.19. The van der Waals surface area contributed by atoms with Crippen molar-refractivity contribution in [1.82, 2.24) is 0 Å². The van der Waals surface area contributed by atoms with Crippen molar-refractivity contribution >= 4 is 5.78 Å². The van der Waals surface area contributed by atoms with Gasteiger partial charge in [-0.3, -0.25) is 4.79 Å². The minimum absolute atomic E-state index is 0.0641. The Morgan fingerprint density at radius 3 is 2.78 bits per heavy atom. The Hall–Kier alpha value is -1.22. The lowest BCUT2D eigenvalue weighted by atomic mass is 9.88. The molecule has 3 heteroatoms. The zero-order valence-corrected chi connectivity index (χ0v) is 10.9. The molecule has 0 saturated carbocycles. The molecule has 0 bridgehead atoms. The monoisotopic (exact) mass is 249 g/mol. The van der Waals surface area contributed by atoms with Crippen molar-refractivity contribution in [2.75, 3.05) is 0 Å². The number of nitrogens with two attached hydrogens (primary N) is 1. The summed E-state index contributed by atoms with van der Waals surface area (Å²) in [6.45, 7) is 4.04. The van der Waals surface area contributed by atoms with Crippen LogP contribution in [0.4, 0.5) is 4.39 Å². The summed E-state index contributed by atoms with van der Waals surface area (Å²) in [4.78, 5) is 12.3. The first-order chi connectivity index (χ1) is 8.52. The number of halogens is 1. The van der Waals surface area contributed by atoms with Gasteiger partial charge in [0.1, 0.15) is 5.82 Å². The number of fused-ring (bicyclic) bond motifs is 1. The van der Waals surface area contributed by atoms with Crippen LogP contribution in [0, 0.1) is 17.7 Å². The van der Waals surface area contributed by atoms with Crippen LogP contribution in [-0.4, -0.2) is 11.8 Å². The average Bonchev–Trinajstić information content (AvgIpc) is 2.78. The van der Waals surface area contributed by atoms with Gasteiger partial charge in [-0.25, -0.2) is 4.39 Å². The van der Waals surface area contributed by atoms with E-state index < -0.39 is 0 Å². The summed E-state index contributed by atoms with van der Waals surface area (Å²) in [6, 6.07) is 4.39. The lowest BCUT2D eigenvalue weighted by Crippen LogP contribution is -2.40. The third-order valence-corrected chi connectivity index (χ3v) is 4.09. The third kappa shape index (κ3) is 2.46. The van der Waals surface area contributed by atoms with Crippen molar-refractivity contribution < 1.29 is 9.18 Å². The Bertz CT molecular complexity index is 458. The van der Waals surface area contributed by atoms with Gasteiger partial charge in [-0.2, -0.15) is 0 Å². The molecule has 1 unspecified atom stereocenters. The van der Waals surface area contributed by atoms with Gasteiger partial charge in [0.2, 0.25) is 0 Å². The quantitative estimate of drug-likeness (QED) is 0.890. The highest BCUT2D eigenvalue weighted by Crippen LogP contribution is 2.29. The molecule has 0 spiro atoms. The van der Waals surface area contributed by atoms with Gasteiger partial charge in [-0.05, 0) is 42.0 Å². The second-order valence-electron chi connectivity index (χ2n) is 5.33. The van der Waals surface area contributed by atoms with E-state index in [1.165, 1.54) is 12.1 Å². The lowest BCUT2D eigenvalue weighted by Gasteiger charge is -2.20. The predicted molar refractivity (Wildman–Crippen MR) is 69.7 cm³/mol. The van der Waals surface area contributed by atoms with Gasteiger partial charge in [0, 0.05) is 5.92 Å². The molecule has 0 saturated heterocycles. The molecular formula is C15H20FNO. The van der Waals surface area contributed by atoms with Crippen molar-refractivity contribution in [3.8, 4) is 0 Å². The fourth-order valence-electron chi connectivity index (χ4n) is 2.59. The molecule has 1 aromatic carbocycles. The van der Waals surface area contributed by atoms with Gasteiger partial charge >= 0.3 is 0 Å². The Balaban J connectivity index is 2.09. The van der Waals surface area contributed by atoms with E-state index in [-0.39, 0.29) is 29.5 Å². The van der Waals surface area contributed by atoms with Crippen LogP contribution in [-0.2, 0) is 17.6 Å². The molecule has 0 fully saturated rings. The van der Waals surface area contributed by atoms with Gasteiger partial charge in [0.15, 0.2) is 5.78 Å². The topological polar surface area (TPSA) is 43.1 Å². The van der Waals surface area contributed by atoms with Crippen LogP contribution in [0.2, 0.25) is 0 Å². The van der Waals surface area contributed by atoms with Crippen LogP contribution in [0.15, 0.2) is 18.2 Å². The number of hydrogen-bond donors (Lipinski definition) is 1. The highest BCUT2D eigenvalue weighted by molar-refractivity contribution is 5.87. The molecular weight excluding hydrogens is 229 g/mol. The molecule has 0 radical (unpaired) electrons. The van der Waals surface area contributed by atoms with Gasteiger partial charge in [0.25, 0.3) is 0 Å². The SMILES string of the molecule is CC[C@@H](C)[C@H](N)C(=O)C1Cc2ccc(F)cc2C1. The van der Waals surface area contributed by atoms with Crippen molar-refractivity contribution in [1.29, 1.82) is 0 Å². The number of carbonyl (C=O) groups is 1. The molecule has 2 nitrogen and oxygen atoms in total. The van der Waals surface area contributed by atoms with Crippen molar-refractivity contribution in [2.24, 2.45) is 17.6 Å². The number of Topliss-reactive ketones (excluding diaryl/α,β-unsaturated/α-hetero) is 1. The number of ketones is 1. The number of carbonyl (C=O) groups excluding carboxylic acids is 1. The van der Waals surface area contributed by atoms with E-state index in [0.717, 1.165) is 17.5 Å². The van der Waals surface area contributed by atoms with Gasteiger partial charge in [0.05, 0.1) is 6.04 Å². The first-order valence-electron chi connectivity index (χ1n) is 6.59. The van der Waals surface area contributed by atoms with Gasteiger partial charge in [-0.1, -0.05) is 26.3 Å². The lowest BCUT2D eigenvalue weighted by molar-refractivity contribution is -0.124. The summed E-state index contributed by atoms with van der Waals surface area (Å²) in [5.41, 5.74) is 8.04. The Labute approximate surface area is 107 Å². The average molecular weight is 249 g/mol. The second-order valence-corrected chi connectivity index (χ2v) is 5.33. The molecule has 1 aromatic rings. The van der Waals surface area contributed by atoms with Crippen LogP contribution in [0.5, 0.6) is 0 Å². The van der Waals surface area contributed by atoms with Crippen LogP contribution in [0.25, 0.3) is 0 Å². The molecule has 3 atom stereocenters. The van der Waals surface area contributed by atoms with Crippen molar-refractivity contribution in [3.63, 3.8) is 0 Å². The fourth-order valence-corrected chi connectivity index (χ4v) is 2.59. The molecule has 0 amide bonds. The fraction of sp³-hybridized carbons (Fsp3) is 0.533. The normalized spacial score (nSPS) is 21.4. The minimum Gasteiger partial charge on any atom is -0.321 e. The van der Waals surface area contributed by atoms with Crippen molar-refractivity contribution in [2.45, 2.75) is 39.2 Å². The number of rotatable bonds is 4. The number of benzene rings is 1. The molecule has 2 rings (SSSR count). The number of hydrogen-bond acceptors (Lipinski definition) is 2. The summed E-state index contributed by atoms with van der Waals surface area (Å²) in [7, 11) is 0. The first kappa shape index (κ1) is 13.2. The Morgan fingerprint density at radius 1 is 1.44 bits per heavy atom.